The second kappa shape index (κ2) is 5.54. The fourth-order valence-corrected chi connectivity index (χ4v) is 6.15. The molecule has 1 N–H and O–H groups in total. The molecule has 7 nitrogen and oxygen atoms in total. The van der Waals surface area contributed by atoms with E-state index in [0.29, 0.717) is 11.4 Å². The fourth-order valence-electron chi connectivity index (χ4n) is 2.29. The second-order valence-electron chi connectivity index (χ2n) is 5.40. The lowest BCUT2D eigenvalue weighted by atomic mass is 10.3. The molecule has 0 amide bonds. The minimum Gasteiger partial charge on any atom is -0.331 e. The summed E-state index contributed by atoms with van der Waals surface area (Å²) >= 11 is 0. The molecule has 0 unspecified atom stereocenters. The zero-order chi connectivity index (χ0) is 15.8. The number of rotatable bonds is 5. The van der Waals surface area contributed by atoms with Gasteiger partial charge in [-0.05, 0) is 26.3 Å². The van der Waals surface area contributed by atoms with E-state index in [1.807, 2.05) is 18.4 Å². The van der Waals surface area contributed by atoms with Gasteiger partial charge in [-0.25, -0.2) is 26.5 Å². The first-order valence-corrected chi connectivity index (χ1v) is 9.83. The van der Waals surface area contributed by atoms with Gasteiger partial charge in [0.1, 0.15) is 5.82 Å². The van der Waals surface area contributed by atoms with Crippen LogP contribution in [0.5, 0.6) is 0 Å². The van der Waals surface area contributed by atoms with E-state index in [9.17, 15) is 16.8 Å². The molecule has 1 aliphatic heterocycles. The molecule has 0 saturated heterocycles. The van der Waals surface area contributed by atoms with E-state index in [4.69, 9.17) is 0 Å². The van der Waals surface area contributed by atoms with Crippen LogP contribution in [0.1, 0.15) is 32.6 Å². The highest BCUT2D eigenvalue weighted by atomic mass is 32.2. The number of sulfonamides is 1. The van der Waals surface area contributed by atoms with Crippen LogP contribution in [0.3, 0.4) is 0 Å². The van der Waals surface area contributed by atoms with E-state index < -0.39 is 25.6 Å². The summed E-state index contributed by atoms with van der Waals surface area (Å²) in [5, 5.41) is 0. The number of nitrogens with zero attached hydrogens (tertiary/aromatic N) is 2. The van der Waals surface area contributed by atoms with Crippen molar-refractivity contribution in [1.82, 2.24) is 14.3 Å². The molecule has 2 rings (SSSR count). The summed E-state index contributed by atoms with van der Waals surface area (Å²) in [6, 6.07) is 0.166. The molecule has 1 aliphatic rings. The highest BCUT2D eigenvalue weighted by Crippen LogP contribution is 2.23. The van der Waals surface area contributed by atoms with E-state index in [1.54, 1.807) is 12.4 Å². The molecule has 2 heterocycles. The predicted octanol–water partition coefficient (Wildman–Crippen LogP) is 0.586. The zero-order valence-corrected chi connectivity index (χ0v) is 13.8. The Kier molecular flexibility index (Phi) is 4.27. The third-order valence-electron chi connectivity index (χ3n) is 3.31. The quantitative estimate of drug-likeness (QED) is 0.850. The molecule has 9 heteroatoms. The third-order valence-corrected chi connectivity index (χ3v) is 6.76. The van der Waals surface area contributed by atoms with Crippen LogP contribution < -0.4 is 4.72 Å². The molecule has 0 aliphatic carbocycles. The summed E-state index contributed by atoms with van der Waals surface area (Å²) in [4.78, 5) is 4.08. The summed E-state index contributed by atoms with van der Waals surface area (Å²) in [6.45, 7) is 5.50. The molecule has 0 atom stereocenters. The second-order valence-corrected chi connectivity index (χ2v) is 9.26. The molecule has 0 fully saturated rings. The lowest BCUT2D eigenvalue weighted by Gasteiger charge is -2.12. The van der Waals surface area contributed by atoms with E-state index in [-0.39, 0.29) is 23.2 Å². The standard InChI is InChI=1S/C12H19N3O4S2/c1-9(2)15-5-4-13-12(15)6-14-21(18,19)11-8-20(16,17)7-10(11)3/h4-5,9,14H,6-8H2,1-3H3. The third kappa shape index (κ3) is 3.53. The van der Waals surface area contributed by atoms with E-state index in [1.165, 1.54) is 6.92 Å². The van der Waals surface area contributed by atoms with E-state index in [2.05, 4.69) is 9.71 Å². The van der Waals surface area contributed by atoms with Crippen LogP contribution >= 0.6 is 0 Å². The Balaban J connectivity index is 2.16. The summed E-state index contributed by atoms with van der Waals surface area (Å²) in [5.74, 6) is -0.0240. The van der Waals surface area contributed by atoms with Crippen molar-refractivity contribution in [2.24, 2.45) is 0 Å². The Hall–Kier alpha value is -1.19. The van der Waals surface area contributed by atoms with Gasteiger partial charge in [-0.3, -0.25) is 0 Å². The minimum absolute atomic E-state index is 0.0321. The molecule has 0 saturated carbocycles. The van der Waals surface area contributed by atoms with Crippen LogP contribution in [-0.4, -0.2) is 37.9 Å². The zero-order valence-electron chi connectivity index (χ0n) is 12.2. The monoisotopic (exact) mass is 333 g/mol. The van der Waals surface area contributed by atoms with Gasteiger partial charge in [0.15, 0.2) is 9.84 Å². The summed E-state index contributed by atoms with van der Waals surface area (Å²) in [5.41, 5.74) is 0.384. The molecule has 0 aromatic carbocycles. The van der Waals surface area contributed by atoms with Crippen molar-refractivity contribution in [3.63, 3.8) is 0 Å². The van der Waals surface area contributed by atoms with Gasteiger partial charge >= 0.3 is 0 Å². The molecule has 21 heavy (non-hydrogen) atoms. The van der Waals surface area contributed by atoms with E-state index in [0.717, 1.165) is 0 Å². The lowest BCUT2D eigenvalue weighted by Crippen LogP contribution is -2.27. The average Bonchev–Trinajstić information content (AvgIpc) is 2.91. The van der Waals surface area contributed by atoms with Crippen LogP contribution in [-0.2, 0) is 26.4 Å². The smallest absolute Gasteiger partial charge is 0.238 e. The molecular formula is C12H19N3O4S2. The Labute approximate surface area is 125 Å². The van der Waals surface area contributed by atoms with Crippen molar-refractivity contribution >= 4 is 19.9 Å². The van der Waals surface area contributed by atoms with Crippen molar-refractivity contribution in [3.8, 4) is 0 Å². The van der Waals surface area contributed by atoms with Gasteiger partial charge in [-0.1, -0.05) is 0 Å². The number of aromatic nitrogens is 2. The van der Waals surface area contributed by atoms with Crippen LogP contribution in [0.15, 0.2) is 22.9 Å². The maximum absolute atomic E-state index is 12.2. The Morgan fingerprint density at radius 1 is 1.38 bits per heavy atom. The molecule has 0 radical (unpaired) electrons. The highest BCUT2D eigenvalue weighted by Gasteiger charge is 2.33. The first-order chi connectivity index (χ1) is 9.62. The minimum atomic E-state index is -3.80. The largest absolute Gasteiger partial charge is 0.331 e. The van der Waals surface area contributed by atoms with Crippen molar-refractivity contribution in [2.45, 2.75) is 33.4 Å². The maximum Gasteiger partial charge on any atom is 0.238 e. The molecule has 1 aromatic rings. The maximum atomic E-state index is 12.2. The van der Waals surface area contributed by atoms with Gasteiger partial charge in [-0.2, -0.15) is 0 Å². The number of sulfone groups is 1. The Bertz CT molecular complexity index is 773. The molecule has 0 bridgehead atoms. The van der Waals surface area contributed by atoms with Crippen LogP contribution in [0.4, 0.5) is 0 Å². The van der Waals surface area contributed by atoms with Crippen molar-refractivity contribution in [3.05, 3.63) is 28.7 Å². The predicted molar refractivity (Wildman–Crippen MR) is 79.7 cm³/mol. The number of nitrogens with one attached hydrogen (secondary N) is 1. The van der Waals surface area contributed by atoms with Gasteiger partial charge in [0.2, 0.25) is 10.0 Å². The van der Waals surface area contributed by atoms with Gasteiger partial charge in [0.05, 0.1) is 23.0 Å². The summed E-state index contributed by atoms with van der Waals surface area (Å²) in [7, 11) is -7.14. The molecule has 0 spiro atoms. The van der Waals surface area contributed by atoms with Crippen LogP contribution in [0.25, 0.3) is 0 Å². The highest BCUT2D eigenvalue weighted by molar-refractivity contribution is 7.97. The topological polar surface area (TPSA) is 98.1 Å². The number of hydrogen-bond donors (Lipinski definition) is 1. The first-order valence-electron chi connectivity index (χ1n) is 6.53. The average molecular weight is 333 g/mol. The Morgan fingerprint density at radius 2 is 2.05 bits per heavy atom. The van der Waals surface area contributed by atoms with Gasteiger partial charge in [-0.15, -0.1) is 0 Å². The van der Waals surface area contributed by atoms with Crippen molar-refractivity contribution < 1.29 is 16.8 Å². The normalized spacial score (nSPS) is 18.7. The van der Waals surface area contributed by atoms with Gasteiger partial charge in [0, 0.05) is 18.4 Å². The summed E-state index contributed by atoms with van der Waals surface area (Å²) in [6.07, 6.45) is 3.38. The number of imidazole rings is 1. The fraction of sp³-hybridized carbons (Fsp3) is 0.583. The van der Waals surface area contributed by atoms with Gasteiger partial charge in [0.25, 0.3) is 0 Å². The van der Waals surface area contributed by atoms with Crippen molar-refractivity contribution in [1.29, 1.82) is 0 Å². The molecule has 118 valence electrons. The van der Waals surface area contributed by atoms with Crippen LogP contribution in [0.2, 0.25) is 0 Å². The Morgan fingerprint density at radius 3 is 2.57 bits per heavy atom. The lowest BCUT2D eigenvalue weighted by molar-refractivity contribution is 0.551. The SMILES string of the molecule is CC1=C(S(=O)(=O)NCc2nccn2C(C)C)CS(=O)(=O)C1. The van der Waals surface area contributed by atoms with Crippen molar-refractivity contribution in [2.75, 3.05) is 11.5 Å². The first kappa shape index (κ1) is 16.2. The van der Waals surface area contributed by atoms with E-state index >= 15 is 0 Å². The summed E-state index contributed by atoms with van der Waals surface area (Å²) < 4.78 is 51.8. The molecule has 1 aromatic heterocycles. The number of hydrogen-bond acceptors (Lipinski definition) is 5. The van der Waals surface area contributed by atoms with Crippen LogP contribution in [0, 0.1) is 0 Å². The van der Waals surface area contributed by atoms with Gasteiger partial charge < -0.3 is 4.57 Å². The molecular weight excluding hydrogens is 314 g/mol.